The average molecular weight is 234 g/mol. The lowest BCUT2D eigenvalue weighted by Gasteiger charge is -2.10. The minimum Gasteiger partial charge on any atom is -0.372 e. The second-order valence-electron chi connectivity index (χ2n) is 4.58. The Morgan fingerprint density at radius 2 is 2.24 bits per heavy atom. The molecule has 2 N–H and O–H groups in total. The van der Waals surface area contributed by atoms with Gasteiger partial charge in [0.1, 0.15) is 5.82 Å². The van der Waals surface area contributed by atoms with E-state index in [-0.39, 0.29) is 5.91 Å². The van der Waals surface area contributed by atoms with Crippen LogP contribution in [0.2, 0.25) is 0 Å². The molecule has 0 bridgehead atoms. The number of carbonyl (C=O) groups is 1. The van der Waals surface area contributed by atoms with Crippen LogP contribution < -0.4 is 10.6 Å². The van der Waals surface area contributed by atoms with E-state index in [0.29, 0.717) is 17.4 Å². The summed E-state index contributed by atoms with van der Waals surface area (Å²) in [6, 6.07) is 3.42. The van der Waals surface area contributed by atoms with Crippen molar-refractivity contribution >= 4 is 11.7 Å². The van der Waals surface area contributed by atoms with E-state index in [2.05, 4.69) is 27.8 Å². The van der Waals surface area contributed by atoms with Crippen molar-refractivity contribution in [3.05, 3.63) is 17.8 Å². The fourth-order valence-corrected chi connectivity index (χ4v) is 1.76. The van der Waals surface area contributed by atoms with Gasteiger partial charge in [0.25, 0.3) is 5.91 Å². The number of aromatic nitrogens is 2. The van der Waals surface area contributed by atoms with Crippen LogP contribution in [0.5, 0.6) is 0 Å². The number of rotatable bonds is 5. The van der Waals surface area contributed by atoms with Crippen molar-refractivity contribution in [3.8, 4) is 0 Å². The zero-order chi connectivity index (χ0) is 12.3. The minimum absolute atomic E-state index is 0.146. The van der Waals surface area contributed by atoms with Crippen molar-refractivity contribution in [1.82, 2.24) is 15.5 Å². The fourth-order valence-electron chi connectivity index (χ4n) is 1.76. The highest BCUT2D eigenvalue weighted by Crippen LogP contribution is 2.36. The van der Waals surface area contributed by atoms with E-state index in [1.165, 1.54) is 12.8 Å². The summed E-state index contributed by atoms with van der Waals surface area (Å²) in [5, 5.41) is 13.5. The first-order valence-corrected chi connectivity index (χ1v) is 6.00. The Hall–Kier alpha value is -1.65. The predicted molar refractivity (Wildman–Crippen MR) is 65.8 cm³/mol. The first-order chi connectivity index (χ1) is 8.20. The normalized spacial score (nSPS) is 16.4. The Kier molecular flexibility index (Phi) is 3.56. The summed E-state index contributed by atoms with van der Waals surface area (Å²) in [6.07, 6.45) is 2.60. The van der Waals surface area contributed by atoms with Crippen molar-refractivity contribution in [2.24, 2.45) is 11.8 Å². The van der Waals surface area contributed by atoms with Crippen molar-refractivity contribution in [1.29, 1.82) is 0 Å². The lowest BCUT2D eigenvalue weighted by molar-refractivity contribution is 0.0940. The van der Waals surface area contributed by atoms with E-state index in [0.717, 1.165) is 12.5 Å². The first kappa shape index (κ1) is 11.8. The summed E-state index contributed by atoms with van der Waals surface area (Å²) >= 11 is 0. The van der Waals surface area contributed by atoms with Gasteiger partial charge in [0.05, 0.1) is 0 Å². The van der Waals surface area contributed by atoms with Crippen molar-refractivity contribution < 1.29 is 4.79 Å². The van der Waals surface area contributed by atoms with Crippen LogP contribution in [0.15, 0.2) is 12.1 Å². The summed E-state index contributed by atoms with van der Waals surface area (Å²) in [5.41, 5.74) is 0.368. The fraction of sp³-hybridized carbons (Fsp3) is 0.583. The van der Waals surface area contributed by atoms with Crippen molar-refractivity contribution in [2.75, 3.05) is 18.9 Å². The third-order valence-corrected chi connectivity index (χ3v) is 3.16. The predicted octanol–water partition coefficient (Wildman–Crippen LogP) is 1.29. The molecule has 5 heteroatoms. The Bertz CT molecular complexity index is 386. The third-order valence-electron chi connectivity index (χ3n) is 3.16. The number of hydrogen-bond donors (Lipinski definition) is 2. The van der Waals surface area contributed by atoms with Gasteiger partial charge in [-0.1, -0.05) is 6.92 Å². The zero-order valence-electron chi connectivity index (χ0n) is 10.2. The van der Waals surface area contributed by atoms with Gasteiger partial charge >= 0.3 is 0 Å². The van der Waals surface area contributed by atoms with E-state index < -0.39 is 0 Å². The molecule has 2 rings (SSSR count). The molecule has 1 amide bonds. The molecule has 5 nitrogen and oxygen atoms in total. The maximum atomic E-state index is 11.8. The van der Waals surface area contributed by atoms with Crippen molar-refractivity contribution in [3.63, 3.8) is 0 Å². The van der Waals surface area contributed by atoms with E-state index in [1.54, 1.807) is 19.2 Å². The van der Waals surface area contributed by atoms with E-state index >= 15 is 0 Å². The van der Waals surface area contributed by atoms with Gasteiger partial charge in [-0.15, -0.1) is 10.2 Å². The zero-order valence-corrected chi connectivity index (χ0v) is 10.2. The molecule has 17 heavy (non-hydrogen) atoms. The summed E-state index contributed by atoms with van der Waals surface area (Å²) < 4.78 is 0. The highest BCUT2D eigenvalue weighted by Gasteiger charge is 2.27. The summed E-state index contributed by atoms with van der Waals surface area (Å²) in [5.74, 6) is 1.87. The molecular formula is C12H18N4O. The third kappa shape index (κ3) is 3.15. The van der Waals surface area contributed by atoms with E-state index in [1.807, 2.05) is 0 Å². The van der Waals surface area contributed by atoms with Gasteiger partial charge in [0.15, 0.2) is 5.69 Å². The number of nitrogens with one attached hydrogen (secondary N) is 2. The molecule has 1 saturated carbocycles. The lowest BCUT2D eigenvalue weighted by atomic mass is 10.1. The molecule has 1 aromatic heterocycles. The second kappa shape index (κ2) is 5.12. The van der Waals surface area contributed by atoms with Crippen LogP contribution >= 0.6 is 0 Å². The molecule has 0 spiro atoms. The Morgan fingerprint density at radius 3 is 2.76 bits per heavy atom. The van der Waals surface area contributed by atoms with Gasteiger partial charge in [-0.3, -0.25) is 4.79 Å². The maximum Gasteiger partial charge on any atom is 0.271 e. The van der Waals surface area contributed by atoms with Crippen LogP contribution in [0.25, 0.3) is 0 Å². The standard InChI is InChI=1S/C12H18N4O/c1-8(9-3-4-9)7-14-12(17)10-5-6-11(13-2)16-15-10/h5-6,8-9H,3-4,7H2,1-2H3,(H,13,16)(H,14,17). The SMILES string of the molecule is CNc1ccc(C(=O)NCC(C)C2CC2)nn1. The molecular weight excluding hydrogens is 216 g/mol. The van der Waals surface area contributed by atoms with E-state index in [4.69, 9.17) is 0 Å². The highest BCUT2D eigenvalue weighted by atomic mass is 16.1. The monoisotopic (exact) mass is 234 g/mol. The molecule has 1 atom stereocenters. The van der Waals surface area contributed by atoms with E-state index in [9.17, 15) is 4.79 Å². The Balaban J connectivity index is 1.85. The molecule has 1 fully saturated rings. The van der Waals surface area contributed by atoms with Crippen LogP contribution in [0, 0.1) is 11.8 Å². The number of nitrogens with zero attached hydrogens (tertiary/aromatic N) is 2. The molecule has 1 aliphatic rings. The highest BCUT2D eigenvalue weighted by molar-refractivity contribution is 5.92. The van der Waals surface area contributed by atoms with Crippen molar-refractivity contribution in [2.45, 2.75) is 19.8 Å². The summed E-state index contributed by atoms with van der Waals surface area (Å²) in [4.78, 5) is 11.8. The van der Waals surface area contributed by atoms with Gasteiger partial charge in [0.2, 0.25) is 0 Å². The van der Waals surface area contributed by atoms with Crippen LogP contribution in [0.4, 0.5) is 5.82 Å². The molecule has 1 aliphatic carbocycles. The summed E-state index contributed by atoms with van der Waals surface area (Å²) in [6.45, 7) is 2.90. The topological polar surface area (TPSA) is 66.9 Å². The van der Waals surface area contributed by atoms with Gasteiger partial charge in [-0.25, -0.2) is 0 Å². The van der Waals surface area contributed by atoms with Crippen LogP contribution in [0.1, 0.15) is 30.3 Å². The molecule has 0 aromatic carbocycles. The molecule has 92 valence electrons. The molecule has 1 unspecified atom stereocenters. The largest absolute Gasteiger partial charge is 0.372 e. The second-order valence-corrected chi connectivity index (χ2v) is 4.58. The average Bonchev–Trinajstić information content (AvgIpc) is 3.20. The Labute approximate surface area is 101 Å². The Morgan fingerprint density at radius 1 is 1.47 bits per heavy atom. The summed E-state index contributed by atoms with van der Waals surface area (Å²) in [7, 11) is 1.76. The van der Waals surface area contributed by atoms with Crippen LogP contribution in [-0.2, 0) is 0 Å². The molecule has 0 aliphatic heterocycles. The first-order valence-electron chi connectivity index (χ1n) is 6.00. The molecule has 1 heterocycles. The van der Waals surface area contributed by atoms with Gasteiger partial charge < -0.3 is 10.6 Å². The van der Waals surface area contributed by atoms with Gasteiger partial charge in [0, 0.05) is 13.6 Å². The lowest BCUT2D eigenvalue weighted by Crippen LogP contribution is -2.29. The number of anilines is 1. The molecule has 1 aromatic rings. The molecule has 0 radical (unpaired) electrons. The smallest absolute Gasteiger partial charge is 0.271 e. The van der Waals surface area contributed by atoms with Gasteiger partial charge in [-0.05, 0) is 36.8 Å². The quantitative estimate of drug-likeness (QED) is 0.805. The van der Waals surface area contributed by atoms with Gasteiger partial charge in [-0.2, -0.15) is 0 Å². The number of carbonyl (C=O) groups excluding carboxylic acids is 1. The van der Waals surface area contributed by atoms with Crippen LogP contribution in [0.3, 0.4) is 0 Å². The minimum atomic E-state index is -0.146. The number of amides is 1. The molecule has 0 saturated heterocycles. The maximum absolute atomic E-state index is 11.8. The van der Waals surface area contributed by atoms with Crippen LogP contribution in [-0.4, -0.2) is 29.7 Å². The number of hydrogen-bond acceptors (Lipinski definition) is 4.